The molecule has 0 radical (unpaired) electrons. The number of hydrogen-bond donors (Lipinski definition) is 0. The fourth-order valence-corrected chi connectivity index (χ4v) is 5.33. The number of nitrogens with zero attached hydrogens (tertiary/aromatic N) is 1. The number of benzene rings is 1. The SMILES string of the molecule is Cc1ccc(C2C3=C(CC(C)(C)CC3=O)N=C3CC(C)(C)CC(=O)C32)cc1C. The monoisotopic (exact) mass is 377 g/mol. The van der Waals surface area contributed by atoms with E-state index in [1.165, 1.54) is 11.1 Å². The first kappa shape index (κ1) is 19.3. The quantitative estimate of drug-likeness (QED) is 0.649. The van der Waals surface area contributed by atoms with Crippen molar-refractivity contribution in [1.82, 2.24) is 0 Å². The summed E-state index contributed by atoms with van der Waals surface area (Å²) in [5.74, 6) is -0.0367. The summed E-state index contributed by atoms with van der Waals surface area (Å²) < 4.78 is 0. The first-order valence-corrected chi connectivity index (χ1v) is 10.4. The van der Waals surface area contributed by atoms with Crippen LogP contribution in [-0.4, -0.2) is 17.3 Å². The van der Waals surface area contributed by atoms with Crippen LogP contribution in [0.1, 0.15) is 76.0 Å². The third-order valence-corrected chi connectivity index (χ3v) is 6.73. The van der Waals surface area contributed by atoms with E-state index in [1.807, 2.05) is 0 Å². The Morgan fingerprint density at radius 1 is 0.857 bits per heavy atom. The van der Waals surface area contributed by atoms with E-state index >= 15 is 0 Å². The van der Waals surface area contributed by atoms with Crippen molar-refractivity contribution in [2.24, 2.45) is 21.7 Å². The molecule has 0 spiro atoms. The molecule has 28 heavy (non-hydrogen) atoms. The number of aryl methyl sites for hydroxylation is 2. The Morgan fingerprint density at radius 3 is 2.21 bits per heavy atom. The predicted octanol–water partition coefficient (Wildman–Crippen LogP) is 5.49. The minimum absolute atomic E-state index is 0.0631. The summed E-state index contributed by atoms with van der Waals surface area (Å²) in [5.41, 5.74) is 6.13. The smallest absolute Gasteiger partial charge is 0.161 e. The van der Waals surface area contributed by atoms with Crippen molar-refractivity contribution in [3.8, 4) is 0 Å². The van der Waals surface area contributed by atoms with E-state index in [2.05, 4.69) is 59.7 Å². The third-order valence-electron chi connectivity index (χ3n) is 6.73. The summed E-state index contributed by atoms with van der Waals surface area (Å²) >= 11 is 0. The lowest BCUT2D eigenvalue weighted by atomic mass is 9.60. The molecule has 0 bridgehead atoms. The molecule has 0 N–H and O–H groups in total. The van der Waals surface area contributed by atoms with Gasteiger partial charge in [0.05, 0.1) is 5.92 Å². The van der Waals surface area contributed by atoms with Crippen molar-refractivity contribution in [3.63, 3.8) is 0 Å². The van der Waals surface area contributed by atoms with E-state index in [9.17, 15) is 9.59 Å². The van der Waals surface area contributed by atoms with Crippen molar-refractivity contribution in [2.75, 3.05) is 0 Å². The van der Waals surface area contributed by atoms with E-state index in [0.717, 1.165) is 35.4 Å². The first-order valence-electron chi connectivity index (χ1n) is 10.4. The van der Waals surface area contributed by atoms with Crippen molar-refractivity contribution in [3.05, 3.63) is 46.2 Å². The van der Waals surface area contributed by atoms with Gasteiger partial charge in [0.1, 0.15) is 5.78 Å². The minimum Gasteiger partial charge on any atom is -0.299 e. The van der Waals surface area contributed by atoms with Crippen LogP contribution in [-0.2, 0) is 9.59 Å². The minimum atomic E-state index is -0.279. The molecule has 2 atom stereocenters. The molecule has 2 unspecified atom stereocenters. The topological polar surface area (TPSA) is 46.5 Å². The van der Waals surface area contributed by atoms with Gasteiger partial charge in [0.2, 0.25) is 0 Å². The Kier molecular flexibility index (Phi) is 4.30. The Balaban J connectivity index is 1.92. The van der Waals surface area contributed by atoms with Crippen molar-refractivity contribution in [1.29, 1.82) is 0 Å². The molecule has 0 aromatic heterocycles. The van der Waals surface area contributed by atoms with Crippen LogP contribution < -0.4 is 0 Å². The highest BCUT2D eigenvalue weighted by Crippen LogP contribution is 2.51. The van der Waals surface area contributed by atoms with Crippen LogP contribution in [0.5, 0.6) is 0 Å². The van der Waals surface area contributed by atoms with Crippen LogP contribution in [0.2, 0.25) is 0 Å². The van der Waals surface area contributed by atoms with E-state index in [0.29, 0.717) is 12.8 Å². The summed E-state index contributed by atoms with van der Waals surface area (Å²) in [4.78, 5) is 31.5. The maximum Gasteiger partial charge on any atom is 0.161 e. The first-order chi connectivity index (χ1) is 13.0. The van der Waals surface area contributed by atoms with Crippen molar-refractivity contribution in [2.45, 2.75) is 73.1 Å². The van der Waals surface area contributed by atoms with Gasteiger partial charge in [-0.2, -0.15) is 0 Å². The average molecular weight is 378 g/mol. The summed E-state index contributed by atoms with van der Waals surface area (Å²) in [6.07, 6.45) is 2.72. The highest BCUT2D eigenvalue weighted by atomic mass is 16.1. The molecule has 0 amide bonds. The molecule has 0 saturated heterocycles. The fraction of sp³-hybridized carbons (Fsp3) is 0.560. The van der Waals surface area contributed by atoms with Crippen molar-refractivity contribution < 1.29 is 9.59 Å². The van der Waals surface area contributed by atoms with Gasteiger partial charge in [-0.3, -0.25) is 14.6 Å². The molecule has 3 heteroatoms. The lowest BCUT2D eigenvalue weighted by molar-refractivity contribution is -0.124. The lowest BCUT2D eigenvalue weighted by Gasteiger charge is -2.44. The van der Waals surface area contributed by atoms with Gasteiger partial charge in [-0.15, -0.1) is 0 Å². The zero-order valence-corrected chi connectivity index (χ0v) is 18.0. The molecular formula is C25H31NO2. The van der Waals surface area contributed by atoms with E-state index < -0.39 is 0 Å². The molecular weight excluding hydrogens is 346 g/mol. The van der Waals surface area contributed by atoms with Gasteiger partial charge in [0.15, 0.2) is 5.78 Å². The predicted molar refractivity (Wildman–Crippen MR) is 113 cm³/mol. The second-order valence-electron chi connectivity index (χ2n) is 10.7. The maximum absolute atomic E-state index is 13.3. The molecule has 4 rings (SSSR count). The number of aliphatic imine (C=N–C) groups is 1. The highest BCUT2D eigenvalue weighted by Gasteiger charge is 2.49. The number of Topliss-reactive ketones (excluding diaryl/α,β-unsaturated/α-hetero) is 2. The second kappa shape index (κ2) is 6.23. The summed E-state index contributed by atoms with van der Waals surface area (Å²) in [7, 11) is 0. The van der Waals surface area contributed by atoms with Gasteiger partial charge in [-0.1, -0.05) is 45.9 Å². The summed E-state index contributed by atoms with van der Waals surface area (Å²) in [6.45, 7) is 12.8. The molecule has 1 aliphatic heterocycles. The number of carbonyl (C=O) groups is 2. The molecule has 1 aromatic rings. The number of rotatable bonds is 1. The third kappa shape index (κ3) is 3.19. The Bertz CT molecular complexity index is 945. The van der Waals surface area contributed by atoms with Crippen LogP contribution >= 0.6 is 0 Å². The average Bonchev–Trinajstić information content (AvgIpc) is 2.53. The van der Waals surface area contributed by atoms with Crippen LogP contribution in [0.25, 0.3) is 0 Å². The van der Waals surface area contributed by atoms with Crippen LogP contribution in [0.3, 0.4) is 0 Å². The zero-order chi connectivity index (χ0) is 20.4. The zero-order valence-electron chi connectivity index (χ0n) is 18.0. The van der Waals surface area contributed by atoms with Gasteiger partial charge in [0.25, 0.3) is 0 Å². The number of carbonyl (C=O) groups excluding carboxylic acids is 2. The molecule has 2 aliphatic carbocycles. The Hall–Kier alpha value is -2.03. The van der Waals surface area contributed by atoms with E-state index in [-0.39, 0.29) is 34.2 Å². The number of ketones is 2. The molecule has 3 nitrogen and oxygen atoms in total. The molecule has 1 fully saturated rings. The van der Waals surface area contributed by atoms with Crippen molar-refractivity contribution >= 4 is 17.3 Å². The van der Waals surface area contributed by atoms with E-state index in [1.54, 1.807) is 0 Å². The molecule has 1 heterocycles. The number of hydrogen-bond acceptors (Lipinski definition) is 3. The van der Waals surface area contributed by atoms with Gasteiger partial charge in [0, 0.05) is 35.7 Å². The van der Waals surface area contributed by atoms with Gasteiger partial charge in [-0.05, 0) is 54.2 Å². The maximum atomic E-state index is 13.3. The number of allylic oxidation sites excluding steroid dienone is 2. The van der Waals surface area contributed by atoms with Crippen LogP contribution in [0.15, 0.2) is 34.5 Å². The summed E-state index contributed by atoms with van der Waals surface area (Å²) in [5, 5.41) is 0. The molecule has 3 aliphatic rings. The standard InChI is InChI=1S/C25H31NO2/c1-14-7-8-16(9-15(14)2)21-22-17(10-24(3,4)12-19(22)27)26-18-11-25(5,6)13-20(28)23(18)21/h7-9,21-22H,10-13H2,1-6H3. The highest BCUT2D eigenvalue weighted by molar-refractivity contribution is 6.13. The van der Waals surface area contributed by atoms with Gasteiger partial charge < -0.3 is 0 Å². The second-order valence-corrected chi connectivity index (χ2v) is 10.7. The van der Waals surface area contributed by atoms with Gasteiger partial charge in [-0.25, -0.2) is 0 Å². The fourth-order valence-electron chi connectivity index (χ4n) is 5.33. The molecule has 1 saturated carbocycles. The largest absolute Gasteiger partial charge is 0.299 e. The van der Waals surface area contributed by atoms with Crippen LogP contribution in [0.4, 0.5) is 0 Å². The summed E-state index contributed by atoms with van der Waals surface area (Å²) in [6, 6.07) is 6.40. The normalized spacial score (nSPS) is 28.6. The van der Waals surface area contributed by atoms with E-state index in [4.69, 9.17) is 4.99 Å². The molecule has 148 valence electrons. The number of fused-ring (bicyclic) bond motifs is 1. The Labute approximate surface area is 168 Å². The molecule has 1 aromatic carbocycles. The van der Waals surface area contributed by atoms with Gasteiger partial charge >= 0.3 is 0 Å². The Morgan fingerprint density at radius 2 is 1.54 bits per heavy atom. The lowest BCUT2D eigenvalue weighted by Crippen LogP contribution is -2.45. The van der Waals surface area contributed by atoms with Crippen LogP contribution in [0, 0.1) is 30.6 Å².